The van der Waals surface area contributed by atoms with Crippen LogP contribution in [0.4, 0.5) is 10.5 Å². The van der Waals surface area contributed by atoms with Crippen LogP contribution in [0, 0.1) is 6.92 Å². The Balaban J connectivity index is 3.03. The first kappa shape index (κ1) is 19.3. The molecule has 1 amide bonds. The zero-order chi connectivity index (χ0) is 17.6. The molecular weight excluding hydrogens is 288 g/mol. The van der Waals surface area contributed by atoms with Gasteiger partial charge in [-0.25, -0.2) is 4.79 Å². The van der Waals surface area contributed by atoms with Crippen LogP contribution in [0.3, 0.4) is 0 Å². The standard InChI is InChI=1S/C19H32N2O2/c1-8-12-21(18(22)23-19(5,6)7)15(4)16-11-10-14(3)17(13-16)20-9-2/h10-11,13,15,20H,8-9,12H2,1-7H3. The van der Waals surface area contributed by atoms with Crippen LogP contribution >= 0.6 is 0 Å². The smallest absolute Gasteiger partial charge is 0.410 e. The number of carbonyl (C=O) groups excluding carboxylic acids is 1. The van der Waals surface area contributed by atoms with Crippen molar-refractivity contribution in [3.8, 4) is 0 Å². The molecule has 1 atom stereocenters. The van der Waals surface area contributed by atoms with Gasteiger partial charge in [0.05, 0.1) is 6.04 Å². The van der Waals surface area contributed by atoms with Crippen LogP contribution in [0.1, 0.15) is 65.1 Å². The number of nitrogens with zero attached hydrogens (tertiary/aromatic N) is 1. The Morgan fingerprint density at radius 1 is 1.30 bits per heavy atom. The molecule has 0 spiro atoms. The van der Waals surface area contributed by atoms with E-state index in [1.807, 2.05) is 25.7 Å². The number of amides is 1. The van der Waals surface area contributed by atoms with Crippen molar-refractivity contribution in [2.24, 2.45) is 0 Å². The number of anilines is 1. The van der Waals surface area contributed by atoms with E-state index in [0.29, 0.717) is 6.54 Å². The van der Waals surface area contributed by atoms with Gasteiger partial charge in [0.1, 0.15) is 5.60 Å². The molecule has 0 aliphatic carbocycles. The lowest BCUT2D eigenvalue weighted by atomic mass is 10.0. The molecule has 0 fully saturated rings. The quantitative estimate of drug-likeness (QED) is 0.789. The monoisotopic (exact) mass is 320 g/mol. The highest BCUT2D eigenvalue weighted by molar-refractivity contribution is 5.69. The Kier molecular flexibility index (Phi) is 6.92. The van der Waals surface area contributed by atoms with Gasteiger partial charge in [0.15, 0.2) is 0 Å². The molecule has 0 radical (unpaired) electrons. The lowest BCUT2D eigenvalue weighted by molar-refractivity contribution is 0.0173. The summed E-state index contributed by atoms with van der Waals surface area (Å²) in [6, 6.07) is 6.30. The summed E-state index contributed by atoms with van der Waals surface area (Å²) in [7, 11) is 0. The van der Waals surface area contributed by atoms with E-state index in [1.54, 1.807) is 0 Å². The van der Waals surface area contributed by atoms with E-state index in [-0.39, 0.29) is 12.1 Å². The first-order chi connectivity index (χ1) is 10.7. The molecule has 0 saturated carbocycles. The predicted octanol–water partition coefficient (Wildman–Crippen LogP) is 5.13. The van der Waals surface area contributed by atoms with Gasteiger partial charge >= 0.3 is 6.09 Å². The first-order valence-electron chi connectivity index (χ1n) is 8.53. The fraction of sp³-hybridized carbons (Fsp3) is 0.632. The maximum Gasteiger partial charge on any atom is 0.410 e. The van der Waals surface area contributed by atoms with Crippen LogP contribution in [-0.2, 0) is 4.74 Å². The number of carbonyl (C=O) groups is 1. The van der Waals surface area contributed by atoms with Crippen LogP contribution in [0.5, 0.6) is 0 Å². The van der Waals surface area contributed by atoms with Gasteiger partial charge in [-0.2, -0.15) is 0 Å². The van der Waals surface area contributed by atoms with Crippen molar-refractivity contribution >= 4 is 11.8 Å². The third-order valence-corrected chi connectivity index (χ3v) is 3.67. The van der Waals surface area contributed by atoms with Crippen molar-refractivity contribution in [1.82, 2.24) is 4.90 Å². The summed E-state index contributed by atoms with van der Waals surface area (Å²) in [4.78, 5) is 14.3. The minimum Gasteiger partial charge on any atom is -0.444 e. The van der Waals surface area contributed by atoms with E-state index in [0.717, 1.165) is 24.2 Å². The lowest BCUT2D eigenvalue weighted by Crippen LogP contribution is -2.38. The van der Waals surface area contributed by atoms with Crippen molar-refractivity contribution in [3.05, 3.63) is 29.3 Å². The highest BCUT2D eigenvalue weighted by Gasteiger charge is 2.26. The van der Waals surface area contributed by atoms with Gasteiger partial charge in [-0.15, -0.1) is 0 Å². The Bertz CT molecular complexity index is 521. The Morgan fingerprint density at radius 3 is 2.48 bits per heavy atom. The SMILES string of the molecule is CCCN(C(=O)OC(C)(C)C)C(C)c1ccc(C)c(NCC)c1. The Labute approximate surface area is 141 Å². The zero-order valence-corrected chi connectivity index (χ0v) is 15.7. The van der Waals surface area contributed by atoms with Gasteiger partial charge < -0.3 is 15.0 Å². The lowest BCUT2D eigenvalue weighted by Gasteiger charge is -2.32. The van der Waals surface area contributed by atoms with Crippen LogP contribution in [0.2, 0.25) is 0 Å². The number of rotatable bonds is 6. The summed E-state index contributed by atoms with van der Waals surface area (Å²) in [6.07, 6.45) is 0.646. The van der Waals surface area contributed by atoms with Crippen molar-refractivity contribution in [2.75, 3.05) is 18.4 Å². The Hall–Kier alpha value is -1.71. The van der Waals surface area contributed by atoms with Crippen LogP contribution in [-0.4, -0.2) is 29.7 Å². The molecule has 1 rings (SSSR count). The number of benzene rings is 1. The molecule has 130 valence electrons. The average Bonchev–Trinajstić information content (AvgIpc) is 2.44. The number of ether oxygens (including phenoxy) is 1. The summed E-state index contributed by atoms with van der Waals surface area (Å²) in [5.41, 5.74) is 2.97. The normalized spacial score (nSPS) is 12.7. The third-order valence-electron chi connectivity index (χ3n) is 3.67. The van der Waals surface area contributed by atoms with E-state index in [9.17, 15) is 4.79 Å². The second kappa shape index (κ2) is 8.23. The van der Waals surface area contributed by atoms with Gasteiger partial charge in [-0.3, -0.25) is 0 Å². The molecule has 1 aromatic rings. The van der Waals surface area contributed by atoms with Gasteiger partial charge in [-0.1, -0.05) is 19.1 Å². The van der Waals surface area contributed by atoms with Crippen molar-refractivity contribution in [1.29, 1.82) is 0 Å². The van der Waals surface area contributed by atoms with E-state index >= 15 is 0 Å². The predicted molar refractivity (Wildman–Crippen MR) is 97.0 cm³/mol. The summed E-state index contributed by atoms with van der Waals surface area (Å²) in [5.74, 6) is 0. The number of nitrogens with one attached hydrogen (secondary N) is 1. The average molecular weight is 320 g/mol. The molecule has 0 aliphatic rings. The maximum absolute atomic E-state index is 12.5. The van der Waals surface area contributed by atoms with Crippen LogP contribution in [0.25, 0.3) is 0 Å². The third kappa shape index (κ3) is 5.77. The molecule has 0 saturated heterocycles. The minimum absolute atomic E-state index is 0.0252. The molecule has 0 aromatic heterocycles. The maximum atomic E-state index is 12.5. The molecule has 4 heteroatoms. The second-order valence-electron chi connectivity index (χ2n) is 6.95. The van der Waals surface area contributed by atoms with E-state index in [1.165, 1.54) is 5.56 Å². The molecule has 0 bridgehead atoms. The van der Waals surface area contributed by atoms with Crippen molar-refractivity contribution < 1.29 is 9.53 Å². The summed E-state index contributed by atoms with van der Waals surface area (Å²) in [6.45, 7) is 15.6. The molecule has 0 aliphatic heterocycles. The topological polar surface area (TPSA) is 41.6 Å². The molecule has 1 N–H and O–H groups in total. The van der Waals surface area contributed by atoms with Crippen LogP contribution < -0.4 is 5.32 Å². The first-order valence-corrected chi connectivity index (χ1v) is 8.53. The molecule has 23 heavy (non-hydrogen) atoms. The summed E-state index contributed by atoms with van der Waals surface area (Å²) >= 11 is 0. The van der Waals surface area contributed by atoms with Crippen molar-refractivity contribution in [2.45, 2.75) is 66.5 Å². The number of hydrogen-bond donors (Lipinski definition) is 1. The highest BCUT2D eigenvalue weighted by atomic mass is 16.6. The van der Waals surface area contributed by atoms with Crippen molar-refractivity contribution in [3.63, 3.8) is 0 Å². The minimum atomic E-state index is -0.481. The molecule has 1 unspecified atom stereocenters. The van der Waals surface area contributed by atoms with E-state index < -0.39 is 5.60 Å². The van der Waals surface area contributed by atoms with Gasteiger partial charge in [0, 0.05) is 18.8 Å². The fourth-order valence-electron chi connectivity index (χ4n) is 2.46. The van der Waals surface area contributed by atoms with E-state index in [4.69, 9.17) is 4.74 Å². The second-order valence-corrected chi connectivity index (χ2v) is 6.95. The zero-order valence-electron chi connectivity index (χ0n) is 15.7. The number of hydrogen-bond acceptors (Lipinski definition) is 3. The van der Waals surface area contributed by atoms with Gasteiger partial charge in [0.25, 0.3) is 0 Å². The largest absolute Gasteiger partial charge is 0.444 e. The number of aryl methyl sites for hydroxylation is 1. The van der Waals surface area contributed by atoms with Crippen LogP contribution in [0.15, 0.2) is 18.2 Å². The van der Waals surface area contributed by atoms with Gasteiger partial charge in [-0.05, 0) is 65.2 Å². The summed E-state index contributed by atoms with van der Waals surface area (Å²) in [5, 5.41) is 3.37. The fourth-order valence-corrected chi connectivity index (χ4v) is 2.46. The van der Waals surface area contributed by atoms with Gasteiger partial charge in [0.2, 0.25) is 0 Å². The Morgan fingerprint density at radius 2 is 1.96 bits per heavy atom. The molecule has 1 aromatic carbocycles. The molecule has 4 nitrogen and oxygen atoms in total. The summed E-state index contributed by atoms with van der Waals surface area (Å²) < 4.78 is 5.57. The molecule has 0 heterocycles. The molecular formula is C19H32N2O2. The highest BCUT2D eigenvalue weighted by Crippen LogP contribution is 2.27. The van der Waals surface area contributed by atoms with E-state index in [2.05, 4.69) is 51.2 Å².